The van der Waals surface area contributed by atoms with Crippen molar-refractivity contribution >= 4 is 17.0 Å². The number of carbonyl (C=O) groups is 1. The minimum Gasteiger partial charge on any atom is -0.444 e. The molecule has 1 aromatic carbocycles. The Morgan fingerprint density at radius 2 is 2.22 bits per heavy atom. The third kappa shape index (κ3) is 3.49. The van der Waals surface area contributed by atoms with Gasteiger partial charge in [-0.2, -0.15) is 0 Å². The molecule has 5 heteroatoms. The van der Waals surface area contributed by atoms with Crippen LogP contribution in [0.1, 0.15) is 39.2 Å². The van der Waals surface area contributed by atoms with E-state index in [0.717, 1.165) is 42.3 Å². The Balaban J connectivity index is 1.76. The van der Waals surface area contributed by atoms with E-state index >= 15 is 0 Å². The van der Waals surface area contributed by atoms with Crippen molar-refractivity contribution in [1.29, 1.82) is 0 Å². The highest BCUT2D eigenvalue weighted by Gasteiger charge is 2.32. The van der Waals surface area contributed by atoms with Gasteiger partial charge >= 0.3 is 6.09 Å². The summed E-state index contributed by atoms with van der Waals surface area (Å²) in [7, 11) is 0. The fourth-order valence-corrected chi connectivity index (χ4v) is 3.19. The molecule has 2 aromatic rings. The topological polar surface area (TPSA) is 45.3 Å². The molecule has 1 aromatic heterocycles. The van der Waals surface area contributed by atoms with Crippen LogP contribution < -0.4 is 0 Å². The first-order chi connectivity index (χ1) is 10.8. The number of likely N-dealkylation sites (tertiary alicyclic amines) is 1. The molecular weight excluding hydrogens is 295 g/mol. The van der Waals surface area contributed by atoms with Gasteiger partial charge in [-0.25, -0.2) is 9.18 Å². The van der Waals surface area contributed by atoms with Crippen molar-refractivity contribution in [1.82, 2.24) is 9.88 Å². The van der Waals surface area contributed by atoms with Crippen molar-refractivity contribution in [2.24, 2.45) is 0 Å². The van der Waals surface area contributed by atoms with Crippen LogP contribution in [0.5, 0.6) is 0 Å². The van der Waals surface area contributed by atoms with Crippen molar-refractivity contribution in [2.45, 2.75) is 51.7 Å². The Morgan fingerprint density at radius 1 is 1.43 bits per heavy atom. The van der Waals surface area contributed by atoms with E-state index in [2.05, 4.69) is 4.98 Å². The molecular formula is C18H23FN2O2. The van der Waals surface area contributed by atoms with Crippen LogP contribution in [-0.2, 0) is 11.2 Å². The van der Waals surface area contributed by atoms with Gasteiger partial charge in [-0.1, -0.05) is 0 Å². The Hall–Kier alpha value is -2.04. The number of nitrogens with zero attached hydrogens (tertiary/aromatic N) is 1. The average molecular weight is 318 g/mol. The Labute approximate surface area is 135 Å². The molecule has 124 valence electrons. The molecule has 1 aliphatic rings. The molecule has 1 fully saturated rings. The Bertz CT molecular complexity index is 717. The van der Waals surface area contributed by atoms with Crippen molar-refractivity contribution < 1.29 is 13.9 Å². The lowest BCUT2D eigenvalue weighted by atomic mass is 10.0. The molecule has 0 spiro atoms. The van der Waals surface area contributed by atoms with Crippen molar-refractivity contribution in [3.63, 3.8) is 0 Å². The van der Waals surface area contributed by atoms with Crippen LogP contribution in [0, 0.1) is 5.82 Å². The molecule has 1 saturated heterocycles. The van der Waals surface area contributed by atoms with Crippen LogP contribution in [0.2, 0.25) is 0 Å². The zero-order valence-corrected chi connectivity index (χ0v) is 13.9. The van der Waals surface area contributed by atoms with Crippen LogP contribution in [0.25, 0.3) is 10.9 Å². The van der Waals surface area contributed by atoms with Crippen molar-refractivity contribution in [2.75, 3.05) is 6.54 Å². The van der Waals surface area contributed by atoms with Gasteiger partial charge in [-0.3, -0.25) is 0 Å². The summed E-state index contributed by atoms with van der Waals surface area (Å²) >= 11 is 0. The number of aromatic nitrogens is 1. The van der Waals surface area contributed by atoms with Gasteiger partial charge in [0.25, 0.3) is 0 Å². The lowest BCUT2D eigenvalue weighted by Crippen LogP contribution is -2.40. The number of aromatic amines is 1. The average Bonchev–Trinajstić information content (AvgIpc) is 3.04. The number of benzene rings is 1. The lowest BCUT2D eigenvalue weighted by molar-refractivity contribution is 0.0227. The van der Waals surface area contributed by atoms with Gasteiger partial charge in [0, 0.05) is 29.7 Å². The van der Waals surface area contributed by atoms with Gasteiger partial charge < -0.3 is 14.6 Å². The molecule has 1 atom stereocenters. The van der Waals surface area contributed by atoms with Crippen LogP contribution in [0.3, 0.4) is 0 Å². The summed E-state index contributed by atoms with van der Waals surface area (Å²) in [5.74, 6) is -0.248. The summed E-state index contributed by atoms with van der Waals surface area (Å²) in [6.45, 7) is 6.37. The number of rotatable bonds is 2. The molecule has 4 nitrogen and oxygen atoms in total. The van der Waals surface area contributed by atoms with E-state index in [1.165, 1.54) is 12.1 Å². The third-order valence-electron chi connectivity index (χ3n) is 4.19. The Morgan fingerprint density at radius 3 is 2.96 bits per heavy atom. The highest BCUT2D eigenvalue weighted by Crippen LogP contribution is 2.27. The number of amides is 1. The number of carbonyl (C=O) groups excluding carboxylic acids is 1. The zero-order chi connectivity index (χ0) is 16.6. The van der Waals surface area contributed by atoms with Gasteiger partial charge in [-0.15, -0.1) is 0 Å². The summed E-state index contributed by atoms with van der Waals surface area (Å²) in [5.41, 5.74) is 1.42. The van der Waals surface area contributed by atoms with E-state index in [9.17, 15) is 9.18 Å². The largest absolute Gasteiger partial charge is 0.444 e. The number of nitrogens with one attached hydrogen (secondary N) is 1. The second-order valence-corrected chi connectivity index (χ2v) is 7.18. The summed E-state index contributed by atoms with van der Waals surface area (Å²) in [6, 6.07) is 4.90. The molecule has 0 unspecified atom stereocenters. The van der Waals surface area contributed by atoms with E-state index in [4.69, 9.17) is 4.74 Å². The number of ether oxygens (including phenoxy) is 1. The van der Waals surface area contributed by atoms with Crippen LogP contribution in [-0.4, -0.2) is 34.2 Å². The Kier molecular flexibility index (Phi) is 4.04. The number of H-pyrrole nitrogens is 1. The van der Waals surface area contributed by atoms with Crippen LogP contribution in [0.4, 0.5) is 9.18 Å². The van der Waals surface area contributed by atoms with Gasteiger partial charge in [-0.05, 0) is 63.8 Å². The van der Waals surface area contributed by atoms with E-state index in [1.807, 2.05) is 31.9 Å². The van der Waals surface area contributed by atoms with Crippen molar-refractivity contribution in [3.05, 3.63) is 35.8 Å². The summed E-state index contributed by atoms with van der Waals surface area (Å²) in [5, 5.41) is 1.02. The van der Waals surface area contributed by atoms with Gasteiger partial charge in [0.15, 0.2) is 0 Å². The number of hydrogen-bond acceptors (Lipinski definition) is 2. The molecule has 1 amide bonds. The maximum atomic E-state index is 13.3. The highest BCUT2D eigenvalue weighted by molar-refractivity contribution is 5.83. The maximum absolute atomic E-state index is 13.3. The summed E-state index contributed by atoms with van der Waals surface area (Å²) in [4.78, 5) is 17.3. The molecule has 23 heavy (non-hydrogen) atoms. The van der Waals surface area contributed by atoms with E-state index in [-0.39, 0.29) is 18.0 Å². The maximum Gasteiger partial charge on any atom is 0.410 e. The number of hydrogen-bond donors (Lipinski definition) is 1. The SMILES string of the molecule is CC(C)(C)OC(=O)N1CCC[C@H]1Cc1c[nH]c2cc(F)ccc12. The molecule has 0 radical (unpaired) electrons. The monoisotopic (exact) mass is 318 g/mol. The third-order valence-corrected chi connectivity index (χ3v) is 4.19. The number of fused-ring (bicyclic) bond motifs is 1. The minimum atomic E-state index is -0.484. The second-order valence-electron chi connectivity index (χ2n) is 7.18. The second kappa shape index (κ2) is 5.87. The molecule has 1 N–H and O–H groups in total. The highest BCUT2D eigenvalue weighted by atomic mass is 19.1. The molecule has 1 aliphatic heterocycles. The predicted octanol–water partition coefficient (Wildman–Crippen LogP) is 4.25. The molecule has 0 saturated carbocycles. The van der Waals surface area contributed by atoms with Crippen LogP contribution >= 0.6 is 0 Å². The van der Waals surface area contributed by atoms with Gasteiger partial charge in [0.2, 0.25) is 0 Å². The summed E-state index contributed by atoms with van der Waals surface area (Å²) < 4.78 is 18.8. The molecule has 2 heterocycles. The van der Waals surface area contributed by atoms with E-state index in [1.54, 1.807) is 6.07 Å². The predicted molar refractivity (Wildman–Crippen MR) is 87.9 cm³/mol. The first-order valence-corrected chi connectivity index (χ1v) is 8.08. The normalized spacial score (nSPS) is 18.6. The van der Waals surface area contributed by atoms with Crippen LogP contribution in [0.15, 0.2) is 24.4 Å². The molecule has 3 rings (SSSR count). The smallest absolute Gasteiger partial charge is 0.410 e. The van der Waals surface area contributed by atoms with E-state index < -0.39 is 5.60 Å². The quantitative estimate of drug-likeness (QED) is 0.899. The fraction of sp³-hybridized carbons (Fsp3) is 0.500. The first-order valence-electron chi connectivity index (χ1n) is 8.08. The lowest BCUT2D eigenvalue weighted by Gasteiger charge is -2.28. The minimum absolute atomic E-state index is 0.133. The number of halogens is 1. The van der Waals surface area contributed by atoms with Gasteiger partial charge in [0.05, 0.1) is 0 Å². The standard InChI is InChI=1S/C18H23FN2O2/c1-18(2,3)23-17(22)21-8-4-5-14(21)9-12-11-20-16-10-13(19)6-7-15(12)16/h6-7,10-11,14,20H,4-5,8-9H2,1-3H3/t14-/m0/s1. The fourth-order valence-electron chi connectivity index (χ4n) is 3.19. The molecule has 0 aliphatic carbocycles. The first kappa shape index (κ1) is 15.8. The van der Waals surface area contributed by atoms with Gasteiger partial charge in [0.1, 0.15) is 11.4 Å². The zero-order valence-electron chi connectivity index (χ0n) is 13.9. The van der Waals surface area contributed by atoms with E-state index in [0.29, 0.717) is 0 Å². The molecule has 0 bridgehead atoms. The summed E-state index contributed by atoms with van der Waals surface area (Å²) in [6.07, 6.45) is 4.38. The van der Waals surface area contributed by atoms with Crippen molar-refractivity contribution in [3.8, 4) is 0 Å².